The van der Waals surface area contributed by atoms with E-state index in [0.717, 1.165) is 25.7 Å². The van der Waals surface area contributed by atoms with Crippen LogP contribution in [-0.2, 0) is 4.74 Å². The number of rotatable bonds is 5. The molecule has 1 rings (SSSR count). The monoisotopic (exact) mass is 266 g/mol. The zero-order chi connectivity index (χ0) is 14.5. The van der Waals surface area contributed by atoms with Crippen LogP contribution in [0, 0.1) is 5.92 Å². The van der Waals surface area contributed by atoms with E-state index in [2.05, 4.69) is 16.9 Å². The van der Waals surface area contributed by atoms with Gasteiger partial charge in [-0.1, -0.05) is 6.08 Å². The van der Waals surface area contributed by atoms with Gasteiger partial charge >= 0.3 is 6.09 Å². The number of aliphatic imine (C=N–C) groups is 1. The highest BCUT2D eigenvalue weighted by atomic mass is 16.6. The van der Waals surface area contributed by atoms with Crippen molar-refractivity contribution in [1.82, 2.24) is 5.32 Å². The van der Waals surface area contributed by atoms with Crippen molar-refractivity contribution >= 4 is 11.8 Å². The fourth-order valence-electron chi connectivity index (χ4n) is 2.23. The molecule has 108 valence electrons. The second kappa shape index (κ2) is 6.73. The normalized spacial score (nSPS) is 23.5. The second-order valence-electron chi connectivity index (χ2n) is 6.05. The minimum absolute atomic E-state index is 0.223. The highest BCUT2D eigenvalue weighted by molar-refractivity contribution is 5.88. The lowest BCUT2D eigenvalue weighted by Crippen LogP contribution is -2.48. The SMILES string of the molecule is C=CCCC(=NC)C1CC(NC(=O)OC(C)(C)C)C1. The summed E-state index contributed by atoms with van der Waals surface area (Å²) >= 11 is 0. The predicted octanol–water partition coefficient (Wildman–Crippen LogP) is 3.33. The Morgan fingerprint density at radius 1 is 1.47 bits per heavy atom. The molecule has 0 spiro atoms. The molecule has 0 aliphatic heterocycles. The minimum atomic E-state index is -0.437. The van der Waals surface area contributed by atoms with Crippen molar-refractivity contribution in [3.63, 3.8) is 0 Å². The molecule has 4 heteroatoms. The summed E-state index contributed by atoms with van der Waals surface area (Å²) in [4.78, 5) is 15.9. The van der Waals surface area contributed by atoms with Crippen LogP contribution in [0.1, 0.15) is 46.5 Å². The quantitative estimate of drug-likeness (QED) is 0.613. The molecule has 0 heterocycles. The summed E-state index contributed by atoms with van der Waals surface area (Å²) in [6.45, 7) is 9.33. The molecule has 0 aromatic heterocycles. The Kier molecular flexibility index (Phi) is 5.58. The molecule has 1 fully saturated rings. The molecule has 1 N–H and O–H groups in total. The Labute approximate surface area is 116 Å². The predicted molar refractivity (Wildman–Crippen MR) is 78.7 cm³/mol. The van der Waals surface area contributed by atoms with Crippen molar-refractivity contribution in [3.05, 3.63) is 12.7 Å². The maximum Gasteiger partial charge on any atom is 0.407 e. The van der Waals surface area contributed by atoms with E-state index in [1.807, 2.05) is 33.9 Å². The van der Waals surface area contributed by atoms with Crippen molar-refractivity contribution in [2.24, 2.45) is 10.9 Å². The first-order chi connectivity index (χ1) is 8.85. The van der Waals surface area contributed by atoms with Crippen molar-refractivity contribution in [2.75, 3.05) is 7.05 Å². The van der Waals surface area contributed by atoms with Gasteiger partial charge in [0.2, 0.25) is 0 Å². The Morgan fingerprint density at radius 2 is 2.11 bits per heavy atom. The lowest BCUT2D eigenvalue weighted by Gasteiger charge is -2.37. The zero-order valence-corrected chi connectivity index (χ0v) is 12.5. The van der Waals surface area contributed by atoms with Crippen molar-refractivity contribution in [3.8, 4) is 0 Å². The van der Waals surface area contributed by atoms with Gasteiger partial charge in [0.05, 0.1) is 0 Å². The van der Waals surface area contributed by atoms with Gasteiger partial charge < -0.3 is 10.1 Å². The molecule has 19 heavy (non-hydrogen) atoms. The molecule has 0 saturated heterocycles. The summed E-state index contributed by atoms with van der Waals surface area (Å²) in [5.74, 6) is 0.505. The van der Waals surface area contributed by atoms with E-state index in [1.54, 1.807) is 0 Å². The van der Waals surface area contributed by atoms with Crippen molar-refractivity contribution in [1.29, 1.82) is 0 Å². The van der Waals surface area contributed by atoms with Gasteiger partial charge in [-0.2, -0.15) is 0 Å². The molecule has 1 aliphatic rings. The fraction of sp³-hybridized carbons (Fsp3) is 0.733. The van der Waals surface area contributed by atoms with E-state index >= 15 is 0 Å². The number of allylic oxidation sites excluding steroid dienone is 1. The maximum absolute atomic E-state index is 11.6. The van der Waals surface area contributed by atoms with Crippen LogP contribution < -0.4 is 5.32 Å². The molecule has 0 radical (unpaired) electrons. The number of alkyl carbamates (subject to hydrolysis) is 1. The summed E-state index contributed by atoms with van der Waals surface area (Å²) in [5, 5.41) is 2.90. The van der Waals surface area contributed by atoms with Crippen LogP contribution in [0.2, 0.25) is 0 Å². The Bertz CT molecular complexity index is 350. The van der Waals surface area contributed by atoms with Crippen molar-refractivity contribution in [2.45, 2.75) is 58.1 Å². The van der Waals surface area contributed by atoms with Crippen LogP contribution in [-0.4, -0.2) is 30.5 Å². The van der Waals surface area contributed by atoms with Crippen LogP contribution in [0.25, 0.3) is 0 Å². The van der Waals surface area contributed by atoms with Gasteiger partial charge in [0.15, 0.2) is 0 Å². The molecular formula is C15H26N2O2. The number of nitrogens with zero attached hydrogens (tertiary/aromatic N) is 1. The van der Waals surface area contributed by atoms with E-state index in [0.29, 0.717) is 5.92 Å². The molecule has 0 aromatic rings. The molecular weight excluding hydrogens is 240 g/mol. The molecule has 4 nitrogen and oxygen atoms in total. The van der Waals surface area contributed by atoms with E-state index in [-0.39, 0.29) is 12.1 Å². The number of nitrogens with one attached hydrogen (secondary N) is 1. The van der Waals surface area contributed by atoms with Crippen LogP contribution in [0.5, 0.6) is 0 Å². The van der Waals surface area contributed by atoms with Gasteiger partial charge in [-0.3, -0.25) is 4.99 Å². The summed E-state index contributed by atoms with van der Waals surface area (Å²) < 4.78 is 5.24. The highest BCUT2D eigenvalue weighted by Crippen LogP contribution is 2.30. The molecule has 0 atom stereocenters. The zero-order valence-electron chi connectivity index (χ0n) is 12.5. The lowest BCUT2D eigenvalue weighted by atomic mass is 9.76. The molecule has 0 bridgehead atoms. The van der Waals surface area contributed by atoms with Crippen LogP contribution >= 0.6 is 0 Å². The summed E-state index contributed by atoms with van der Waals surface area (Å²) in [5.41, 5.74) is 0.801. The van der Waals surface area contributed by atoms with E-state index in [4.69, 9.17) is 4.74 Å². The number of carbonyl (C=O) groups is 1. The third-order valence-corrected chi connectivity index (χ3v) is 3.22. The first-order valence-corrected chi connectivity index (χ1v) is 6.91. The van der Waals surface area contributed by atoms with Crippen molar-refractivity contribution < 1.29 is 9.53 Å². The van der Waals surface area contributed by atoms with Gasteiger partial charge in [0, 0.05) is 24.7 Å². The maximum atomic E-state index is 11.6. The van der Waals surface area contributed by atoms with Crippen LogP contribution in [0.4, 0.5) is 4.79 Å². The standard InChI is InChI=1S/C15H26N2O2/c1-6-7-8-13(16-5)11-9-12(10-11)17-14(18)19-15(2,3)4/h6,11-12H,1,7-10H2,2-5H3,(H,17,18). The largest absolute Gasteiger partial charge is 0.444 e. The smallest absolute Gasteiger partial charge is 0.407 e. The molecule has 0 unspecified atom stereocenters. The molecule has 1 aliphatic carbocycles. The van der Waals surface area contributed by atoms with Gasteiger partial charge in [0.25, 0.3) is 0 Å². The third-order valence-electron chi connectivity index (χ3n) is 3.22. The highest BCUT2D eigenvalue weighted by Gasteiger charge is 2.34. The van der Waals surface area contributed by atoms with Gasteiger partial charge in [0.1, 0.15) is 5.60 Å². The Morgan fingerprint density at radius 3 is 2.58 bits per heavy atom. The first-order valence-electron chi connectivity index (χ1n) is 6.91. The summed E-state index contributed by atoms with van der Waals surface area (Å²) in [6, 6.07) is 0.223. The molecule has 0 aromatic carbocycles. The Hall–Kier alpha value is -1.32. The molecule has 1 amide bonds. The van der Waals surface area contributed by atoms with Crippen LogP contribution in [0.15, 0.2) is 17.6 Å². The number of hydrogen-bond donors (Lipinski definition) is 1. The minimum Gasteiger partial charge on any atom is -0.444 e. The second-order valence-corrected chi connectivity index (χ2v) is 6.05. The lowest BCUT2D eigenvalue weighted by molar-refractivity contribution is 0.0468. The fourth-order valence-corrected chi connectivity index (χ4v) is 2.23. The summed E-state index contributed by atoms with van der Waals surface area (Å²) in [6.07, 6.45) is 5.46. The first kappa shape index (κ1) is 15.7. The van der Waals surface area contributed by atoms with E-state index < -0.39 is 5.60 Å². The number of carbonyl (C=O) groups excluding carboxylic acids is 1. The molecule has 1 saturated carbocycles. The van der Waals surface area contributed by atoms with E-state index in [9.17, 15) is 4.79 Å². The van der Waals surface area contributed by atoms with Gasteiger partial charge in [-0.15, -0.1) is 6.58 Å². The Balaban J connectivity index is 2.29. The van der Waals surface area contributed by atoms with Crippen LogP contribution in [0.3, 0.4) is 0 Å². The average Bonchev–Trinajstić information content (AvgIpc) is 2.23. The van der Waals surface area contributed by atoms with Gasteiger partial charge in [-0.25, -0.2) is 4.79 Å². The van der Waals surface area contributed by atoms with E-state index in [1.165, 1.54) is 5.71 Å². The topological polar surface area (TPSA) is 50.7 Å². The average molecular weight is 266 g/mol. The third kappa shape index (κ3) is 5.45. The number of hydrogen-bond acceptors (Lipinski definition) is 3. The number of amides is 1. The summed E-state index contributed by atoms with van der Waals surface area (Å²) in [7, 11) is 1.84. The van der Waals surface area contributed by atoms with Gasteiger partial charge in [-0.05, 0) is 46.5 Å². The number of ether oxygens (including phenoxy) is 1.